The largest absolute Gasteiger partial charge is 0.491 e. The highest BCUT2D eigenvalue weighted by Gasteiger charge is 2.18. The Labute approximate surface area is 108 Å². The molecular weight excluding hydrogens is 230 g/mol. The summed E-state index contributed by atoms with van der Waals surface area (Å²) in [6.45, 7) is 6.93. The zero-order chi connectivity index (χ0) is 13.5. The maximum Gasteiger partial charge on any atom is 0.326 e. The van der Waals surface area contributed by atoms with E-state index in [0.29, 0.717) is 6.54 Å². The Balaban J connectivity index is 2.63. The molecule has 0 aromatic heterocycles. The molecule has 0 spiro atoms. The van der Waals surface area contributed by atoms with E-state index in [4.69, 9.17) is 9.47 Å². The summed E-state index contributed by atoms with van der Waals surface area (Å²) in [6.07, 6.45) is 0. The smallest absolute Gasteiger partial charge is 0.326 e. The maximum atomic E-state index is 11.5. The molecule has 4 nitrogen and oxygen atoms in total. The van der Waals surface area contributed by atoms with Crippen molar-refractivity contribution in [1.82, 2.24) is 5.32 Å². The number of carbonyl (C=O) groups is 1. The molecule has 0 radical (unpaired) electrons. The van der Waals surface area contributed by atoms with E-state index in [9.17, 15) is 4.79 Å². The van der Waals surface area contributed by atoms with Crippen LogP contribution in [-0.4, -0.2) is 32.3 Å². The number of carbonyl (C=O) groups excluding carboxylic acids is 1. The second-order valence-electron chi connectivity index (χ2n) is 4.27. The van der Waals surface area contributed by atoms with Gasteiger partial charge in [0, 0.05) is 0 Å². The Kier molecular flexibility index (Phi) is 5.65. The van der Waals surface area contributed by atoms with Crippen LogP contribution in [0.5, 0.6) is 5.75 Å². The van der Waals surface area contributed by atoms with Crippen LogP contribution in [0, 0.1) is 13.8 Å². The van der Waals surface area contributed by atoms with Crippen LogP contribution in [-0.2, 0) is 9.53 Å². The van der Waals surface area contributed by atoms with E-state index in [-0.39, 0.29) is 12.6 Å². The topological polar surface area (TPSA) is 47.6 Å². The number of esters is 1. The second-order valence-corrected chi connectivity index (χ2v) is 4.27. The van der Waals surface area contributed by atoms with Crippen LogP contribution in [0.2, 0.25) is 0 Å². The molecule has 0 heterocycles. The minimum Gasteiger partial charge on any atom is -0.491 e. The van der Waals surface area contributed by atoms with Gasteiger partial charge in [-0.1, -0.05) is 13.0 Å². The Morgan fingerprint density at radius 3 is 2.39 bits per heavy atom. The summed E-state index contributed by atoms with van der Waals surface area (Å²) >= 11 is 0. The van der Waals surface area contributed by atoms with E-state index >= 15 is 0 Å². The van der Waals surface area contributed by atoms with Gasteiger partial charge in [0.2, 0.25) is 0 Å². The predicted octanol–water partition coefficient (Wildman–Crippen LogP) is 1.83. The van der Waals surface area contributed by atoms with Gasteiger partial charge in [-0.15, -0.1) is 0 Å². The second kappa shape index (κ2) is 7.01. The van der Waals surface area contributed by atoms with Crippen molar-refractivity contribution in [3.05, 3.63) is 29.3 Å². The molecule has 4 heteroatoms. The number of benzene rings is 1. The summed E-state index contributed by atoms with van der Waals surface area (Å²) in [5.41, 5.74) is 2.28. The SMILES string of the molecule is CCNC(COc1cc(C)cc(C)c1)C(=O)OC. The van der Waals surface area contributed by atoms with Crippen LogP contribution in [0.4, 0.5) is 0 Å². The van der Waals surface area contributed by atoms with Crippen LogP contribution in [0.3, 0.4) is 0 Å². The van der Waals surface area contributed by atoms with Crippen LogP contribution in [0.15, 0.2) is 18.2 Å². The van der Waals surface area contributed by atoms with Crippen molar-refractivity contribution in [1.29, 1.82) is 0 Å². The third-order valence-corrected chi connectivity index (χ3v) is 2.55. The van der Waals surface area contributed by atoms with Gasteiger partial charge >= 0.3 is 5.97 Å². The molecule has 0 amide bonds. The van der Waals surface area contributed by atoms with Gasteiger partial charge in [0.05, 0.1) is 7.11 Å². The van der Waals surface area contributed by atoms with Gasteiger partial charge < -0.3 is 14.8 Å². The average molecular weight is 251 g/mol. The third-order valence-electron chi connectivity index (χ3n) is 2.55. The summed E-state index contributed by atoms with van der Waals surface area (Å²) in [4.78, 5) is 11.5. The molecule has 0 saturated carbocycles. The Bertz CT molecular complexity index is 384. The summed E-state index contributed by atoms with van der Waals surface area (Å²) in [6, 6.07) is 5.55. The van der Waals surface area contributed by atoms with Gasteiger partial charge in [-0.05, 0) is 43.7 Å². The summed E-state index contributed by atoms with van der Waals surface area (Å²) in [7, 11) is 1.38. The lowest BCUT2D eigenvalue weighted by Gasteiger charge is -2.16. The van der Waals surface area contributed by atoms with Crippen LogP contribution >= 0.6 is 0 Å². The number of methoxy groups -OCH3 is 1. The first kappa shape index (κ1) is 14.5. The van der Waals surface area contributed by atoms with Crippen molar-refractivity contribution in [2.45, 2.75) is 26.8 Å². The first-order valence-electron chi connectivity index (χ1n) is 6.09. The standard InChI is InChI=1S/C14H21NO3/c1-5-15-13(14(16)17-4)9-18-12-7-10(2)6-11(3)8-12/h6-8,13,15H,5,9H2,1-4H3. The van der Waals surface area contributed by atoms with E-state index in [0.717, 1.165) is 16.9 Å². The Hall–Kier alpha value is -1.55. The van der Waals surface area contributed by atoms with Crippen molar-refractivity contribution >= 4 is 5.97 Å². The molecular formula is C14H21NO3. The number of rotatable bonds is 6. The molecule has 0 aliphatic heterocycles. The van der Waals surface area contributed by atoms with E-state index in [1.807, 2.05) is 32.9 Å². The number of likely N-dealkylation sites (N-methyl/N-ethyl adjacent to an activating group) is 1. The summed E-state index contributed by atoms with van der Waals surface area (Å²) in [5, 5.41) is 3.03. The molecule has 1 aromatic carbocycles. The average Bonchev–Trinajstić information content (AvgIpc) is 2.32. The minimum atomic E-state index is -0.430. The van der Waals surface area contributed by atoms with Crippen LogP contribution < -0.4 is 10.1 Å². The molecule has 0 aliphatic rings. The van der Waals surface area contributed by atoms with Gasteiger partial charge in [0.25, 0.3) is 0 Å². The Morgan fingerprint density at radius 2 is 1.89 bits per heavy atom. The van der Waals surface area contributed by atoms with Crippen LogP contribution in [0.25, 0.3) is 0 Å². The molecule has 0 aliphatic carbocycles. The Morgan fingerprint density at radius 1 is 1.28 bits per heavy atom. The third kappa shape index (κ3) is 4.37. The van der Waals surface area contributed by atoms with Crippen molar-refractivity contribution < 1.29 is 14.3 Å². The molecule has 18 heavy (non-hydrogen) atoms. The van der Waals surface area contributed by atoms with E-state index in [1.165, 1.54) is 7.11 Å². The highest BCUT2D eigenvalue weighted by atomic mass is 16.5. The van der Waals surface area contributed by atoms with Gasteiger partial charge in [0.1, 0.15) is 18.4 Å². The summed E-state index contributed by atoms with van der Waals surface area (Å²) < 4.78 is 10.4. The first-order valence-corrected chi connectivity index (χ1v) is 6.09. The fourth-order valence-electron chi connectivity index (χ4n) is 1.79. The number of hydrogen-bond donors (Lipinski definition) is 1. The van der Waals surface area contributed by atoms with Gasteiger partial charge in [-0.25, -0.2) is 0 Å². The maximum absolute atomic E-state index is 11.5. The van der Waals surface area contributed by atoms with E-state index < -0.39 is 6.04 Å². The van der Waals surface area contributed by atoms with Gasteiger partial charge in [0.15, 0.2) is 0 Å². The molecule has 1 rings (SSSR count). The van der Waals surface area contributed by atoms with Gasteiger partial charge in [-0.3, -0.25) is 4.79 Å². The van der Waals surface area contributed by atoms with Crippen LogP contribution in [0.1, 0.15) is 18.1 Å². The lowest BCUT2D eigenvalue weighted by Crippen LogP contribution is -2.42. The van der Waals surface area contributed by atoms with Crippen molar-refractivity contribution in [3.8, 4) is 5.75 Å². The zero-order valence-electron chi connectivity index (χ0n) is 11.4. The molecule has 1 aromatic rings. The number of nitrogens with one attached hydrogen (secondary N) is 1. The van der Waals surface area contributed by atoms with Crippen molar-refractivity contribution in [2.75, 3.05) is 20.3 Å². The molecule has 1 atom stereocenters. The molecule has 0 fully saturated rings. The normalized spacial score (nSPS) is 12.0. The fraction of sp³-hybridized carbons (Fsp3) is 0.500. The van der Waals surface area contributed by atoms with Crippen molar-refractivity contribution in [3.63, 3.8) is 0 Å². The first-order chi connectivity index (χ1) is 8.56. The monoisotopic (exact) mass is 251 g/mol. The van der Waals surface area contributed by atoms with E-state index in [1.54, 1.807) is 0 Å². The van der Waals surface area contributed by atoms with E-state index in [2.05, 4.69) is 11.4 Å². The molecule has 0 bridgehead atoms. The minimum absolute atomic E-state index is 0.267. The van der Waals surface area contributed by atoms with Crippen molar-refractivity contribution in [2.24, 2.45) is 0 Å². The molecule has 1 N–H and O–H groups in total. The molecule has 100 valence electrons. The highest BCUT2D eigenvalue weighted by Crippen LogP contribution is 2.16. The number of hydrogen-bond acceptors (Lipinski definition) is 4. The number of aryl methyl sites for hydroxylation is 2. The van der Waals surface area contributed by atoms with Gasteiger partial charge in [-0.2, -0.15) is 0 Å². The summed E-state index contributed by atoms with van der Waals surface area (Å²) in [5.74, 6) is 0.473. The highest BCUT2D eigenvalue weighted by molar-refractivity contribution is 5.75. The quantitative estimate of drug-likeness (QED) is 0.784. The predicted molar refractivity (Wildman–Crippen MR) is 70.9 cm³/mol. The molecule has 1 unspecified atom stereocenters. The zero-order valence-corrected chi connectivity index (χ0v) is 11.4. The molecule has 0 saturated heterocycles. The fourth-order valence-corrected chi connectivity index (χ4v) is 1.79. The lowest BCUT2D eigenvalue weighted by atomic mass is 10.1. The lowest BCUT2D eigenvalue weighted by molar-refractivity contribution is -0.143. The number of ether oxygens (including phenoxy) is 2.